The third kappa shape index (κ3) is 2.98. The maximum atomic E-state index is 13.8. The number of fused-ring (bicyclic) bond motifs is 1. The summed E-state index contributed by atoms with van der Waals surface area (Å²) in [4.78, 5) is 4.46. The normalized spacial score (nSPS) is 10.8. The van der Waals surface area contributed by atoms with Crippen LogP contribution in [0, 0.1) is 12.7 Å². The van der Waals surface area contributed by atoms with Crippen LogP contribution in [0.25, 0.3) is 10.9 Å². The summed E-state index contributed by atoms with van der Waals surface area (Å²) in [5.74, 6) is -0.419. The van der Waals surface area contributed by atoms with Gasteiger partial charge in [-0.15, -0.1) is 0 Å². The molecule has 0 saturated heterocycles. The van der Waals surface area contributed by atoms with E-state index in [0.29, 0.717) is 12.2 Å². The molecule has 0 aliphatic carbocycles. The lowest BCUT2D eigenvalue weighted by atomic mass is 10.1. The molecule has 2 aromatic carbocycles. The summed E-state index contributed by atoms with van der Waals surface area (Å²) >= 11 is 5.77. The Hall–Kier alpha value is -2.13. The molecule has 0 radical (unpaired) electrons. The minimum Gasteiger partial charge on any atom is -0.379 e. The van der Waals surface area contributed by atoms with E-state index in [1.54, 1.807) is 12.1 Å². The molecule has 4 heteroatoms. The van der Waals surface area contributed by atoms with Crippen molar-refractivity contribution in [2.45, 2.75) is 13.5 Å². The number of hydrogen-bond donors (Lipinski definition) is 1. The van der Waals surface area contributed by atoms with Crippen LogP contribution in [0.5, 0.6) is 0 Å². The van der Waals surface area contributed by atoms with Crippen molar-refractivity contribution in [3.8, 4) is 0 Å². The van der Waals surface area contributed by atoms with Gasteiger partial charge in [-0.2, -0.15) is 0 Å². The highest BCUT2D eigenvalue weighted by Crippen LogP contribution is 2.23. The van der Waals surface area contributed by atoms with Crippen molar-refractivity contribution >= 4 is 28.2 Å². The number of benzene rings is 2. The topological polar surface area (TPSA) is 24.9 Å². The van der Waals surface area contributed by atoms with Gasteiger partial charge in [0.15, 0.2) is 5.82 Å². The first kappa shape index (κ1) is 13.8. The van der Waals surface area contributed by atoms with E-state index < -0.39 is 5.82 Å². The Bertz CT molecular complexity index is 802. The van der Waals surface area contributed by atoms with Crippen LogP contribution in [0.4, 0.5) is 10.1 Å². The molecule has 0 bridgehead atoms. The third-order valence-corrected chi connectivity index (χ3v) is 3.62. The molecule has 2 nitrogen and oxygen atoms in total. The Morgan fingerprint density at radius 2 is 2.00 bits per heavy atom. The Morgan fingerprint density at radius 1 is 1.14 bits per heavy atom. The summed E-state index contributed by atoms with van der Waals surface area (Å²) in [6.45, 7) is 2.50. The second kappa shape index (κ2) is 5.70. The van der Waals surface area contributed by atoms with Gasteiger partial charge in [-0.1, -0.05) is 29.8 Å². The van der Waals surface area contributed by atoms with Gasteiger partial charge < -0.3 is 5.32 Å². The molecule has 0 fully saturated rings. The third-order valence-electron chi connectivity index (χ3n) is 3.33. The van der Waals surface area contributed by atoms with Crippen LogP contribution < -0.4 is 5.32 Å². The SMILES string of the molecule is Cc1ccc2cc(CNc3cccc(Cl)c3F)ccc2n1. The Labute approximate surface area is 127 Å². The monoisotopic (exact) mass is 300 g/mol. The lowest BCUT2D eigenvalue weighted by molar-refractivity contribution is 0.630. The zero-order valence-electron chi connectivity index (χ0n) is 11.5. The number of pyridine rings is 1. The van der Waals surface area contributed by atoms with Gasteiger partial charge in [0, 0.05) is 17.6 Å². The lowest BCUT2D eigenvalue weighted by Gasteiger charge is -2.09. The van der Waals surface area contributed by atoms with Crippen LogP contribution >= 0.6 is 11.6 Å². The molecule has 0 atom stereocenters. The Balaban J connectivity index is 1.82. The lowest BCUT2D eigenvalue weighted by Crippen LogP contribution is -2.01. The predicted molar refractivity (Wildman–Crippen MR) is 85.2 cm³/mol. The molecule has 1 heterocycles. The molecule has 0 spiro atoms. The fourth-order valence-corrected chi connectivity index (χ4v) is 2.40. The van der Waals surface area contributed by atoms with Crippen LogP contribution in [-0.4, -0.2) is 4.98 Å². The van der Waals surface area contributed by atoms with Gasteiger partial charge in [-0.3, -0.25) is 4.98 Å². The Morgan fingerprint density at radius 3 is 2.86 bits per heavy atom. The minimum atomic E-state index is -0.419. The number of aromatic nitrogens is 1. The zero-order chi connectivity index (χ0) is 14.8. The molecule has 0 aliphatic rings. The number of nitrogens with one attached hydrogen (secondary N) is 1. The summed E-state index contributed by atoms with van der Waals surface area (Å²) in [6.07, 6.45) is 0. The first-order valence-electron chi connectivity index (χ1n) is 6.68. The smallest absolute Gasteiger partial charge is 0.164 e. The molecule has 0 aliphatic heterocycles. The van der Waals surface area contributed by atoms with Crippen LogP contribution in [0.3, 0.4) is 0 Å². The largest absolute Gasteiger partial charge is 0.379 e. The van der Waals surface area contributed by atoms with Crippen molar-refractivity contribution in [2.75, 3.05) is 5.32 Å². The molecular weight excluding hydrogens is 287 g/mol. The minimum absolute atomic E-state index is 0.123. The second-order valence-electron chi connectivity index (χ2n) is 4.93. The quantitative estimate of drug-likeness (QED) is 0.740. The standard InChI is InChI=1S/C17H14ClFN2/c1-11-5-7-13-9-12(6-8-15(13)21-11)10-20-16-4-2-3-14(18)17(16)19/h2-9,20H,10H2,1H3. The molecule has 0 amide bonds. The first-order valence-corrected chi connectivity index (χ1v) is 7.05. The average molecular weight is 301 g/mol. The van der Waals surface area contributed by atoms with Crippen LogP contribution in [-0.2, 0) is 6.54 Å². The number of rotatable bonds is 3. The van der Waals surface area contributed by atoms with E-state index in [-0.39, 0.29) is 5.02 Å². The Kier molecular flexibility index (Phi) is 3.76. The van der Waals surface area contributed by atoms with Gasteiger partial charge in [-0.05, 0) is 42.8 Å². The van der Waals surface area contributed by atoms with Crippen LogP contribution in [0.1, 0.15) is 11.3 Å². The highest BCUT2D eigenvalue weighted by Gasteiger charge is 2.06. The molecule has 21 heavy (non-hydrogen) atoms. The number of hydrogen-bond acceptors (Lipinski definition) is 2. The highest BCUT2D eigenvalue weighted by molar-refractivity contribution is 6.31. The van der Waals surface area contributed by atoms with Gasteiger partial charge in [0.1, 0.15) is 0 Å². The summed E-state index contributed by atoms with van der Waals surface area (Å²) in [5, 5.41) is 4.27. The molecule has 106 valence electrons. The predicted octanol–water partition coefficient (Wildman–Crippen LogP) is 4.95. The van der Waals surface area contributed by atoms with Gasteiger partial charge >= 0.3 is 0 Å². The van der Waals surface area contributed by atoms with E-state index in [4.69, 9.17) is 11.6 Å². The van der Waals surface area contributed by atoms with E-state index in [0.717, 1.165) is 22.2 Å². The fraction of sp³-hybridized carbons (Fsp3) is 0.118. The van der Waals surface area contributed by atoms with Gasteiger partial charge in [0.25, 0.3) is 0 Å². The van der Waals surface area contributed by atoms with Crippen molar-refractivity contribution in [1.82, 2.24) is 4.98 Å². The van der Waals surface area contributed by atoms with Gasteiger partial charge in [0.2, 0.25) is 0 Å². The van der Waals surface area contributed by atoms with E-state index in [1.807, 2.05) is 31.2 Å². The van der Waals surface area contributed by atoms with Crippen LogP contribution in [0.15, 0.2) is 48.5 Å². The maximum Gasteiger partial charge on any atom is 0.164 e. The van der Waals surface area contributed by atoms with Crippen molar-refractivity contribution in [1.29, 1.82) is 0 Å². The molecule has 1 N–H and O–H groups in total. The van der Waals surface area contributed by atoms with Crippen molar-refractivity contribution in [3.63, 3.8) is 0 Å². The van der Waals surface area contributed by atoms with E-state index in [9.17, 15) is 4.39 Å². The van der Waals surface area contributed by atoms with Crippen molar-refractivity contribution < 1.29 is 4.39 Å². The van der Waals surface area contributed by atoms with Gasteiger partial charge in [-0.25, -0.2) is 4.39 Å². The highest BCUT2D eigenvalue weighted by atomic mass is 35.5. The number of nitrogens with zero attached hydrogens (tertiary/aromatic N) is 1. The average Bonchev–Trinajstić information content (AvgIpc) is 2.49. The summed E-state index contributed by atoms with van der Waals surface area (Å²) in [5.41, 5.74) is 3.43. The van der Waals surface area contributed by atoms with E-state index in [2.05, 4.69) is 16.4 Å². The second-order valence-corrected chi connectivity index (χ2v) is 5.34. The van der Waals surface area contributed by atoms with Gasteiger partial charge in [0.05, 0.1) is 16.2 Å². The molecule has 3 aromatic rings. The van der Waals surface area contributed by atoms with Crippen molar-refractivity contribution in [3.05, 3.63) is 70.6 Å². The fourth-order valence-electron chi connectivity index (χ4n) is 2.22. The van der Waals surface area contributed by atoms with Crippen molar-refractivity contribution in [2.24, 2.45) is 0 Å². The summed E-state index contributed by atoms with van der Waals surface area (Å²) in [6, 6.07) is 15.0. The molecule has 3 rings (SSSR count). The van der Waals surface area contributed by atoms with E-state index >= 15 is 0 Å². The summed E-state index contributed by atoms with van der Waals surface area (Å²) in [7, 11) is 0. The van der Waals surface area contributed by atoms with E-state index in [1.165, 1.54) is 6.07 Å². The number of anilines is 1. The molecule has 0 saturated carbocycles. The molecular formula is C17H14ClFN2. The number of halogens is 2. The first-order chi connectivity index (χ1) is 10.1. The summed E-state index contributed by atoms with van der Waals surface area (Å²) < 4.78 is 13.8. The maximum absolute atomic E-state index is 13.8. The number of aryl methyl sites for hydroxylation is 1. The zero-order valence-corrected chi connectivity index (χ0v) is 12.3. The molecule has 0 unspecified atom stereocenters. The molecule has 1 aromatic heterocycles. The van der Waals surface area contributed by atoms with Crippen LogP contribution in [0.2, 0.25) is 5.02 Å².